The predicted molar refractivity (Wildman–Crippen MR) is 134 cm³/mol. The molecule has 7 nitrogen and oxygen atoms in total. The van der Waals surface area contributed by atoms with Crippen LogP contribution in [0.3, 0.4) is 0 Å². The summed E-state index contributed by atoms with van der Waals surface area (Å²) in [7, 11) is -3.26. The van der Waals surface area contributed by atoms with Gasteiger partial charge in [-0.2, -0.15) is 0 Å². The van der Waals surface area contributed by atoms with E-state index in [0.29, 0.717) is 41.2 Å². The summed E-state index contributed by atoms with van der Waals surface area (Å²) in [5, 5.41) is 0.409. The van der Waals surface area contributed by atoms with Crippen molar-refractivity contribution in [3.63, 3.8) is 0 Å². The molecule has 2 aliphatic heterocycles. The number of ether oxygens (including phenoxy) is 1. The van der Waals surface area contributed by atoms with Crippen molar-refractivity contribution in [3.8, 4) is 5.75 Å². The molecular formula is C27H29NO6S. The maximum Gasteiger partial charge on any atom is 0.291 e. The summed E-state index contributed by atoms with van der Waals surface area (Å²) < 4.78 is 36.5. The second-order valence-electron chi connectivity index (χ2n) is 9.95. The highest BCUT2D eigenvalue weighted by atomic mass is 32.2. The molecule has 0 spiro atoms. The number of amides is 1. The Kier molecular flexibility index (Phi) is 5.95. The van der Waals surface area contributed by atoms with Crippen LogP contribution in [0.2, 0.25) is 0 Å². The molecule has 2 aromatic carbocycles. The summed E-state index contributed by atoms with van der Waals surface area (Å²) in [4.78, 5) is 28.9. The highest BCUT2D eigenvalue weighted by molar-refractivity contribution is 7.91. The van der Waals surface area contributed by atoms with Gasteiger partial charge in [0, 0.05) is 6.04 Å². The highest BCUT2D eigenvalue weighted by Crippen LogP contribution is 2.42. The predicted octanol–water partition coefficient (Wildman–Crippen LogP) is 4.26. The van der Waals surface area contributed by atoms with Gasteiger partial charge in [0.05, 0.1) is 35.1 Å². The first-order chi connectivity index (χ1) is 16.6. The number of carbonyl (C=O) groups is 1. The first-order valence-corrected chi connectivity index (χ1v) is 13.8. The Morgan fingerprint density at radius 2 is 1.94 bits per heavy atom. The second-order valence-corrected chi connectivity index (χ2v) is 12.2. The number of benzene rings is 2. The smallest absolute Gasteiger partial charge is 0.291 e. The van der Waals surface area contributed by atoms with E-state index in [4.69, 9.17) is 9.15 Å². The SMILES string of the molecule is Cc1ccc2oc3c(c(=O)c2c1)C(c1cccc(OCCC(C)C)c1)N(C1CCS(=O)(=O)C1)C3=O. The van der Waals surface area contributed by atoms with E-state index in [9.17, 15) is 18.0 Å². The van der Waals surface area contributed by atoms with Crippen LogP contribution < -0.4 is 10.2 Å². The third kappa shape index (κ3) is 4.35. The van der Waals surface area contributed by atoms with Gasteiger partial charge in [-0.1, -0.05) is 37.6 Å². The van der Waals surface area contributed by atoms with Gasteiger partial charge in [0.2, 0.25) is 5.76 Å². The molecular weight excluding hydrogens is 466 g/mol. The Balaban J connectivity index is 1.65. The van der Waals surface area contributed by atoms with E-state index in [0.717, 1.165) is 12.0 Å². The zero-order valence-electron chi connectivity index (χ0n) is 20.1. The number of carbonyl (C=O) groups excluding carboxylic acids is 1. The average molecular weight is 496 g/mol. The summed E-state index contributed by atoms with van der Waals surface area (Å²) >= 11 is 0. The third-order valence-electron chi connectivity index (χ3n) is 6.80. The van der Waals surface area contributed by atoms with Crippen LogP contribution in [0.4, 0.5) is 0 Å². The topological polar surface area (TPSA) is 93.9 Å². The fraction of sp³-hybridized carbons (Fsp3) is 0.407. The van der Waals surface area contributed by atoms with Crippen LogP contribution in [-0.2, 0) is 9.84 Å². The number of sulfone groups is 1. The fourth-order valence-corrected chi connectivity index (χ4v) is 6.70. The molecule has 184 valence electrons. The first-order valence-electron chi connectivity index (χ1n) is 12.0. The first kappa shape index (κ1) is 23.6. The van der Waals surface area contributed by atoms with Crippen LogP contribution >= 0.6 is 0 Å². The zero-order chi connectivity index (χ0) is 24.9. The molecule has 1 aromatic heterocycles. The monoisotopic (exact) mass is 495 g/mol. The molecule has 3 aromatic rings. The number of hydrogen-bond donors (Lipinski definition) is 0. The van der Waals surface area contributed by atoms with Gasteiger partial charge in [-0.05, 0) is 55.5 Å². The highest BCUT2D eigenvalue weighted by Gasteiger charge is 2.48. The van der Waals surface area contributed by atoms with E-state index in [2.05, 4.69) is 13.8 Å². The average Bonchev–Trinajstić information content (AvgIpc) is 3.31. The van der Waals surface area contributed by atoms with Crippen LogP contribution in [-0.4, -0.2) is 43.4 Å². The molecule has 35 heavy (non-hydrogen) atoms. The largest absolute Gasteiger partial charge is 0.494 e. The van der Waals surface area contributed by atoms with Gasteiger partial charge in [0.25, 0.3) is 5.91 Å². The zero-order valence-corrected chi connectivity index (χ0v) is 20.9. The summed E-state index contributed by atoms with van der Waals surface area (Å²) in [6, 6.07) is 11.4. The molecule has 2 aliphatic rings. The number of aryl methyl sites for hydroxylation is 1. The lowest BCUT2D eigenvalue weighted by Gasteiger charge is -2.30. The Bertz CT molecular complexity index is 1470. The molecule has 2 unspecified atom stereocenters. The Morgan fingerprint density at radius 3 is 2.66 bits per heavy atom. The van der Waals surface area contributed by atoms with Crippen LogP contribution in [0.15, 0.2) is 51.7 Å². The number of fused-ring (bicyclic) bond motifs is 2. The summed E-state index contributed by atoms with van der Waals surface area (Å²) in [6.07, 6.45) is 1.23. The summed E-state index contributed by atoms with van der Waals surface area (Å²) in [6.45, 7) is 6.69. The van der Waals surface area contributed by atoms with Crippen molar-refractivity contribution in [1.29, 1.82) is 0 Å². The van der Waals surface area contributed by atoms with Gasteiger partial charge < -0.3 is 14.1 Å². The lowest BCUT2D eigenvalue weighted by atomic mass is 9.97. The molecule has 5 rings (SSSR count). The van der Waals surface area contributed by atoms with E-state index in [1.807, 2.05) is 37.3 Å². The third-order valence-corrected chi connectivity index (χ3v) is 8.55. The molecule has 0 aliphatic carbocycles. The molecule has 3 heterocycles. The van der Waals surface area contributed by atoms with Crippen LogP contribution in [0.1, 0.15) is 60.0 Å². The lowest BCUT2D eigenvalue weighted by molar-refractivity contribution is 0.0662. The minimum absolute atomic E-state index is 0.00761. The van der Waals surface area contributed by atoms with Gasteiger partial charge >= 0.3 is 0 Å². The van der Waals surface area contributed by atoms with Gasteiger partial charge in [0.1, 0.15) is 11.3 Å². The normalized spacial score (nSPS) is 21.1. The minimum Gasteiger partial charge on any atom is -0.494 e. The van der Waals surface area contributed by atoms with Crippen LogP contribution in [0.25, 0.3) is 11.0 Å². The second kappa shape index (κ2) is 8.82. The molecule has 0 bridgehead atoms. The van der Waals surface area contributed by atoms with Gasteiger partial charge in [-0.25, -0.2) is 8.42 Å². The van der Waals surface area contributed by atoms with Gasteiger partial charge in [0.15, 0.2) is 15.3 Å². The van der Waals surface area contributed by atoms with Crippen molar-refractivity contribution in [3.05, 3.63) is 75.1 Å². The standard InChI is InChI=1S/C27H29NO6S/c1-16(2)9-11-33-20-6-4-5-18(14-20)24-23-25(29)21-13-17(3)7-8-22(21)34-26(23)27(30)28(24)19-10-12-35(31,32)15-19/h4-8,13-14,16,19,24H,9-12,15H2,1-3H3. The number of rotatable bonds is 6. The van der Waals surface area contributed by atoms with Crippen molar-refractivity contribution in [2.75, 3.05) is 18.1 Å². The molecule has 1 amide bonds. The number of nitrogens with zero attached hydrogens (tertiary/aromatic N) is 1. The molecule has 8 heteroatoms. The van der Waals surface area contributed by atoms with Crippen molar-refractivity contribution in [1.82, 2.24) is 4.90 Å². The van der Waals surface area contributed by atoms with E-state index >= 15 is 0 Å². The van der Waals surface area contributed by atoms with E-state index in [-0.39, 0.29) is 28.3 Å². The van der Waals surface area contributed by atoms with E-state index < -0.39 is 27.8 Å². The van der Waals surface area contributed by atoms with Crippen LogP contribution in [0.5, 0.6) is 5.75 Å². The molecule has 0 radical (unpaired) electrons. The van der Waals surface area contributed by atoms with E-state index in [1.165, 1.54) is 0 Å². The van der Waals surface area contributed by atoms with Gasteiger partial charge in [-0.3, -0.25) is 9.59 Å². The van der Waals surface area contributed by atoms with Crippen molar-refractivity contribution in [2.45, 2.75) is 45.7 Å². The fourth-order valence-electron chi connectivity index (χ4n) is 4.99. The summed E-state index contributed by atoms with van der Waals surface area (Å²) in [5.74, 6) is 0.582. The maximum atomic E-state index is 13.7. The number of hydrogen-bond acceptors (Lipinski definition) is 6. The Labute approximate surface area is 204 Å². The molecule has 0 N–H and O–H groups in total. The van der Waals surface area contributed by atoms with E-state index in [1.54, 1.807) is 17.0 Å². The molecule has 1 saturated heterocycles. The maximum absolute atomic E-state index is 13.7. The van der Waals surface area contributed by atoms with Crippen molar-refractivity contribution < 1.29 is 22.4 Å². The quantitative estimate of drug-likeness (QED) is 0.507. The molecule has 0 saturated carbocycles. The van der Waals surface area contributed by atoms with Crippen molar-refractivity contribution in [2.24, 2.45) is 5.92 Å². The summed E-state index contributed by atoms with van der Waals surface area (Å²) in [5.41, 5.74) is 1.94. The Morgan fingerprint density at radius 1 is 1.14 bits per heavy atom. The molecule has 1 fully saturated rings. The Hall–Kier alpha value is -3.13. The van der Waals surface area contributed by atoms with Crippen LogP contribution in [0, 0.1) is 12.8 Å². The van der Waals surface area contributed by atoms with Crippen molar-refractivity contribution >= 4 is 26.7 Å². The lowest BCUT2D eigenvalue weighted by Crippen LogP contribution is -2.40. The minimum atomic E-state index is -3.26. The van der Waals surface area contributed by atoms with Gasteiger partial charge in [-0.15, -0.1) is 0 Å². The molecule has 2 atom stereocenters.